The average molecular weight is 564 g/mol. The van der Waals surface area contributed by atoms with Crippen LogP contribution in [-0.4, -0.2) is 40.1 Å². The van der Waals surface area contributed by atoms with Crippen LogP contribution in [0.1, 0.15) is 51.6 Å². The molecule has 7 nitrogen and oxygen atoms in total. The highest BCUT2D eigenvalue weighted by Gasteiger charge is 2.24. The number of carbonyl (C=O) groups excluding carboxylic acids is 1. The number of aromatic nitrogens is 2. The highest BCUT2D eigenvalue weighted by molar-refractivity contribution is 5.96. The summed E-state index contributed by atoms with van der Waals surface area (Å²) in [6.07, 6.45) is 3.75. The van der Waals surface area contributed by atoms with E-state index in [4.69, 9.17) is 10.7 Å². The number of carbonyl (C=O) groups is 1. The fourth-order valence-corrected chi connectivity index (χ4v) is 5.79. The number of H-pyrrole nitrogens is 1. The van der Waals surface area contributed by atoms with Crippen LogP contribution in [-0.2, 0) is 0 Å². The number of benzene rings is 3. The fourth-order valence-electron chi connectivity index (χ4n) is 5.79. The van der Waals surface area contributed by atoms with Crippen LogP contribution >= 0.6 is 0 Å². The van der Waals surface area contributed by atoms with Crippen LogP contribution in [0.3, 0.4) is 0 Å². The second-order valence-electron chi connectivity index (χ2n) is 11.2. The number of aromatic hydroxyl groups is 1. The molecule has 8 heteroatoms. The van der Waals surface area contributed by atoms with Crippen LogP contribution in [0.15, 0.2) is 79.0 Å². The first-order chi connectivity index (χ1) is 20.2. The summed E-state index contributed by atoms with van der Waals surface area (Å²) in [5, 5.41) is 14.7. The van der Waals surface area contributed by atoms with Gasteiger partial charge in [0.2, 0.25) is 0 Å². The molecule has 1 atom stereocenters. The molecule has 2 aromatic heterocycles. The van der Waals surface area contributed by atoms with Gasteiger partial charge in [0.05, 0.1) is 6.04 Å². The Labute approximate surface area is 244 Å². The molecular weight excluding hydrogens is 529 g/mol. The number of para-hydroxylation sites is 1. The summed E-state index contributed by atoms with van der Waals surface area (Å²) in [6.45, 7) is 5.78. The van der Waals surface area contributed by atoms with E-state index in [9.17, 15) is 14.3 Å². The highest BCUT2D eigenvalue weighted by Crippen LogP contribution is 2.33. The van der Waals surface area contributed by atoms with Crippen molar-refractivity contribution in [1.82, 2.24) is 15.3 Å². The van der Waals surface area contributed by atoms with Crippen molar-refractivity contribution in [2.24, 2.45) is 5.73 Å². The summed E-state index contributed by atoms with van der Waals surface area (Å²) in [7, 11) is 0. The summed E-state index contributed by atoms with van der Waals surface area (Å²) in [5.41, 5.74) is 12.1. The van der Waals surface area contributed by atoms with Crippen LogP contribution in [0, 0.1) is 19.7 Å². The number of pyridine rings is 1. The number of piperidine rings is 1. The smallest absolute Gasteiger partial charge is 0.252 e. The predicted molar refractivity (Wildman–Crippen MR) is 164 cm³/mol. The largest absolute Gasteiger partial charge is 0.508 e. The van der Waals surface area contributed by atoms with Crippen molar-refractivity contribution in [3.63, 3.8) is 0 Å². The zero-order valence-electron chi connectivity index (χ0n) is 23.7. The number of phenols is 1. The topological polar surface area (TPSA) is 107 Å². The molecule has 214 valence electrons. The second-order valence-corrected chi connectivity index (χ2v) is 11.2. The molecule has 1 amide bonds. The molecule has 0 radical (unpaired) electrons. The Balaban J connectivity index is 1.32. The van der Waals surface area contributed by atoms with Gasteiger partial charge >= 0.3 is 0 Å². The van der Waals surface area contributed by atoms with Gasteiger partial charge in [0.25, 0.3) is 5.91 Å². The number of amides is 1. The Morgan fingerprint density at radius 1 is 1.05 bits per heavy atom. The van der Waals surface area contributed by atoms with E-state index in [1.54, 1.807) is 0 Å². The minimum atomic E-state index is -0.814. The number of aryl methyl sites for hydroxylation is 2. The lowest BCUT2D eigenvalue weighted by molar-refractivity contribution is 0.0942. The summed E-state index contributed by atoms with van der Waals surface area (Å²) < 4.78 is 14.3. The molecule has 0 aliphatic carbocycles. The number of nitrogens with zero attached hydrogens (tertiary/aromatic N) is 2. The van der Waals surface area contributed by atoms with Crippen molar-refractivity contribution in [2.45, 2.75) is 38.8 Å². The van der Waals surface area contributed by atoms with E-state index in [1.807, 2.05) is 61.7 Å². The number of hydrogen-bond donors (Lipinski definition) is 4. The maximum Gasteiger partial charge on any atom is 0.252 e. The van der Waals surface area contributed by atoms with Gasteiger partial charge in [-0.15, -0.1) is 0 Å². The van der Waals surface area contributed by atoms with Crippen LogP contribution in [0.2, 0.25) is 0 Å². The van der Waals surface area contributed by atoms with Gasteiger partial charge in [-0.25, -0.2) is 9.37 Å². The number of halogens is 1. The third-order valence-electron chi connectivity index (χ3n) is 8.00. The molecule has 1 saturated heterocycles. The van der Waals surface area contributed by atoms with Crippen LogP contribution < -0.4 is 16.0 Å². The number of nitrogens with two attached hydrogens (primary N) is 1. The molecule has 3 heterocycles. The number of phenolic OH excluding ortho intramolecular Hbond substituents is 1. The molecule has 0 saturated carbocycles. The minimum Gasteiger partial charge on any atom is -0.508 e. The molecule has 3 aromatic carbocycles. The van der Waals surface area contributed by atoms with E-state index >= 15 is 0 Å². The monoisotopic (exact) mass is 563 g/mol. The molecule has 1 aliphatic rings. The Kier molecular flexibility index (Phi) is 7.39. The number of rotatable bonds is 6. The van der Waals surface area contributed by atoms with E-state index in [-0.39, 0.29) is 23.3 Å². The number of fused-ring (bicyclic) bond motifs is 1. The SMILES string of the molecule is Cc1cc(C(=O)N[C@@H](c2cc3ccccc3[nH]2)c2cc(F)ccc2O)cc(-c2cnc(N3CCC(N)CC3)c(C)c2)c1. The van der Waals surface area contributed by atoms with Crippen LogP contribution in [0.25, 0.3) is 22.0 Å². The van der Waals surface area contributed by atoms with E-state index < -0.39 is 11.9 Å². The summed E-state index contributed by atoms with van der Waals surface area (Å²) in [6, 6.07) is 20.6. The van der Waals surface area contributed by atoms with E-state index in [1.165, 1.54) is 18.2 Å². The number of anilines is 1. The normalized spacial score (nSPS) is 14.7. The first kappa shape index (κ1) is 27.5. The lowest BCUT2D eigenvalue weighted by atomic mass is 9.98. The highest BCUT2D eigenvalue weighted by atomic mass is 19.1. The van der Waals surface area contributed by atoms with Gasteiger partial charge < -0.3 is 26.0 Å². The maximum atomic E-state index is 14.3. The minimum absolute atomic E-state index is 0.109. The Hall–Kier alpha value is -4.69. The third kappa shape index (κ3) is 5.58. The molecule has 0 spiro atoms. The van der Waals surface area contributed by atoms with Crippen molar-refractivity contribution < 1.29 is 14.3 Å². The zero-order chi connectivity index (χ0) is 29.4. The van der Waals surface area contributed by atoms with Gasteiger partial charge in [0.15, 0.2) is 0 Å². The molecule has 5 N–H and O–H groups in total. The predicted octanol–water partition coefficient (Wildman–Crippen LogP) is 6.14. The third-order valence-corrected chi connectivity index (χ3v) is 8.00. The van der Waals surface area contributed by atoms with Gasteiger partial charge in [0, 0.05) is 53.2 Å². The van der Waals surface area contributed by atoms with Crippen molar-refractivity contribution >= 4 is 22.6 Å². The number of hydrogen-bond acceptors (Lipinski definition) is 5. The van der Waals surface area contributed by atoms with Gasteiger partial charge in [-0.3, -0.25) is 4.79 Å². The van der Waals surface area contributed by atoms with Crippen molar-refractivity contribution in [1.29, 1.82) is 0 Å². The Morgan fingerprint density at radius 2 is 1.83 bits per heavy atom. The van der Waals surface area contributed by atoms with E-state index in [0.29, 0.717) is 11.3 Å². The first-order valence-electron chi connectivity index (χ1n) is 14.2. The average Bonchev–Trinajstić information content (AvgIpc) is 3.41. The first-order valence-corrected chi connectivity index (χ1v) is 14.2. The second kappa shape index (κ2) is 11.3. The molecule has 6 rings (SSSR count). The van der Waals surface area contributed by atoms with Crippen molar-refractivity contribution in [3.05, 3.63) is 113 Å². The lowest BCUT2D eigenvalue weighted by Gasteiger charge is -2.32. The van der Waals surface area contributed by atoms with Crippen LogP contribution in [0.4, 0.5) is 10.2 Å². The van der Waals surface area contributed by atoms with Crippen molar-refractivity contribution in [2.75, 3.05) is 18.0 Å². The van der Waals surface area contributed by atoms with Crippen LogP contribution in [0.5, 0.6) is 5.75 Å². The van der Waals surface area contributed by atoms with Gasteiger partial charge in [0.1, 0.15) is 17.4 Å². The molecule has 1 fully saturated rings. The molecule has 1 aliphatic heterocycles. The zero-order valence-corrected chi connectivity index (χ0v) is 23.7. The fraction of sp³-hybridized carbons (Fsp3) is 0.235. The summed E-state index contributed by atoms with van der Waals surface area (Å²) >= 11 is 0. The van der Waals surface area contributed by atoms with E-state index in [2.05, 4.69) is 28.2 Å². The number of aromatic amines is 1. The molecule has 0 bridgehead atoms. The van der Waals surface area contributed by atoms with Gasteiger partial charge in [-0.05, 0) is 97.3 Å². The maximum absolute atomic E-state index is 14.3. The van der Waals surface area contributed by atoms with Gasteiger partial charge in [-0.1, -0.05) is 24.3 Å². The molecule has 0 unspecified atom stereocenters. The quantitative estimate of drug-likeness (QED) is 0.199. The van der Waals surface area contributed by atoms with E-state index in [0.717, 1.165) is 64.9 Å². The molecule has 42 heavy (non-hydrogen) atoms. The lowest BCUT2D eigenvalue weighted by Crippen LogP contribution is -2.40. The summed E-state index contributed by atoms with van der Waals surface area (Å²) in [5.74, 6) is 0.00269. The molecule has 5 aromatic rings. The Morgan fingerprint density at radius 3 is 2.60 bits per heavy atom. The molecular formula is C34H34FN5O2. The standard InChI is InChI=1S/C34H34FN5O2/c1-20-13-23(25-15-21(2)33(37-19-25)40-11-9-27(36)10-12-40)16-24(14-20)34(42)39-32(28-18-26(35)7-8-31(28)41)30-17-22-5-3-4-6-29(22)38-30/h3-8,13-19,27,32,38,41H,9-12,36H2,1-2H3,(H,39,42)/t32-/m1/s1. The Bertz CT molecular complexity index is 1740. The number of nitrogens with one attached hydrogen (secondary N) is 2. The van der Waals surface area contributed by atoms with Gasteiger partial charge in [-0.2, -0.15) is 0 Å². The van der Waals surface area contributed by atoms with Crippen molar-refractivity contribution in [3.8, 4) is 16.9 Å². The summed E-state index contributed by atoms with van der Waals surface area (Å²) in [4.78, 5) is 24.2.